The third-order valence-corrected chi connectivity index (χ3v) is 16.1. The zero-order valence-electron chi connectivity index (χ0n) is 17.9. The molecule has 3 nitrogen and oxygen atoms in total. The molecule has 0 N–H and O–H groups in total. The molecule has 0 radical (unpaired) electrons. The molecular formula is C19H40O3Si2. The molecule has 4 atom stereocenters. The first-order valence-electron chi connectivity index (χ1n) is 9.53. The SMILES string of the molecule is CC12O[C@@H]1C[C@H](O[Si](C)(C)C(C)(C)C)C[C@@H]2O[Si](C)(C)C(C)(C)C. The lowest BCUT2D eigenvalue weighted by molar-refractivity contribution is 0.0354. The summed E-state index contributed by atoms with van der Waals surface area (Å²) in [7, 11) is -3.56. The Bertz CT molecular complexity index is 476. The minimum absolute atomic E-state index is 0.0805. The molecule has 0 bridgehead atoms. The molecule has 2 rings (SSSR count). The molecule has 2 aliphatic rings. The number of rotatable bonds is 4. The highest BCUT2D eigenvalue weighted by atomic mass is 28.4. The fraction of sp³-hybridized carbons (Fsp3) is 1.00. The zero-order valence-corrected chi connectivity index (χ0v) is 19.9. The van der Waals surface area contributed by atoms with Crippen LogP contribution in [0.2, 0.25) is 36.3 Å². The van der Waals surface area contributed by atoms with Crippen molar-refractivity contribution in [1.29, 1.82) is 0 Å². The van der Waals surface area contributed by atoms with Gasteiger partial charge in [0, 0.05) is 12.8 Å². The molecule has 1 unspecified atom stereocenters. The van der Waals surface area contributed by atoms with Gasteiger partial charge in [-0.2, -0.15) is 0 Å². The van der Waals surface area contributed by atoms with Gasteiger partial charge >= 0.3 is 0 Å². The molecule has 1 saturated carbocycles. The predicted octanol–water partition coefficient (Wildman–Crippen LogP) is 5.72. The fourth-order valence-electron chi connectivity index (χ4n) is 3.03. The van der Waals surface area contributed by atoms with Crippen molar-refractivity contribution in [1.82, 2.24) is 0 Å². The van der Waals surface area contributed by atoms with Crippen LogP contribution in [-0.4, -0.2) is 40.5 Å². The van der Waals surface area contributed by atoms with Crippen LogP contribution in [-0.2, 0) is 13.6 Å². The predicted molar refractivity (Wildman–Crippen MR) is 107 cm³/mol. The van der Waals surface area contributed by atoms with Gasteiger partial charge in [0.1, 0.15) is 5.60 Å². The summed E-state index contributed by atoms with van der Waals surface area (Å²) in [6.45, 7) is 25.4. The Morgan fingerprint density at radius 1 is 0.833 bits per heavy atom. The van der Waals surface area contributed by atoms with Crippen molar-refractivity contribution in [3.8, 4) is 0 Å². The molecule has 1 heterocycles. The van der Waals surface area contributed by atoms with E-state index in [1.807, 2.05) is 0 Å². The molecule has 0 amide bonds. The molecule has 0 spiro atoms. The largest absolute Gasteiger partial charge is 0.414 e. The summed E-state index contributed by atoms with van der Waals surface area (Å²) in [5, 5.41) is 0.467. The zero-order chi connectivity index (χ0) is 18.8. The van der Waals surface area contributed by atoms with E-state index in [1.54, 1.807) is 0 Å². The number of ether oxygens (including phenoxy) is 1. The molecule has 0 aromatic rings. The molecule has 2 fully saturated rings. The van der Waals surface area contributed by atoms with E-state index >= 15 is 0 Å². The van der Waals surface area contributed by atoms with E-state index in [9.17, 15) is 0 Å². The van der Waals surface area contributed by atoms with Crippen LogP contribution in [0.1, 0.15) is 61.3 Å². The third-order valence-electron chi connectivity index (χ3n) is 7.08. The second-order valence-electron chi connectivity index (χ2n) is 11.1. The van der Waals surface area contributed by atoms with Crippen molar-refractivity contribution in [3.63, 3.8) is 0 Å². The summed E-state index contributed by atoms with van der Waals surface area (Å²) in [5.74, 6) is 0. The Balaban J connectivity index is 2.11. The van der Waals surface area contributed by atoms with Crippen LogP contribution in [0, 0.1) is 0 Å². The lowest BCUT2D eigenvalue weighted by Crippen LogP contribution is -2.53. The fourth-order valence-corrected chi connectivity index (χ4v) is 5.81. The summed E-state index contributed by atoms with van der Waals surface area (Å²) in [4.78, 5) is 0. The Kier molecular flexibility index (Phi) is 5.08. The van der Waals surface area contributed by atoms with Crippen molar-refractivity contribution in [2.75, 3.05) is 0 Å². The normalized spacial score (nSPS) is 34.9. The molecule has 1 aliphatic heterocycles. The van der Waals surface area contributed by atoms with E-state index in [2.05, 4.69) is 74.7 Å². The average Bonchev–Trinajstić information content (AvgIpc) is 2.97. The number of fused-ring (bicyclic) bond motifs is 1. The molecule has 5 heteroatoms. The number of epoxide rings is 1. The third kappa shape index (κ3) is 3.85. The second-order valence-corrected chi connectivity index (χ2v) is 20.6. The summed E-state index contributed by atoms with van der Waals surface area (Å²) < 4.78 is 19.6. The first-order chi connectivity index (χ1) is 10.5. The highest BCUT2D eigenvalue weighted by Crippen LogP contribution is 2.52. The van der Waals surface area contributed by atoms with Crippen LogP contribution in [0.3, 0.4) is 0 Å². The molecule has 0 aromatic carbocycles. The Morgan fingerprint density at radius 2 is 1.29 bits per heavy atom. The van der Waals surface area contributed by atoms with Gasteiger partial charge in [-0.25, -0.2) is 0 Å². The van der Waals surface area contributed by atoms with E-state index in [4.69, 9.17) is 13.6 Å². The van der Waals surface area contributed by atoms with E-state index in [0.717, 1.165) is 12.8 Å². The van der Waals surface area contributed by atoms with Crippen molar-refractivity contribution in [2.45, 2.75) is 121 Å². The summed E-state index contributed by atoms with van der Waals surface area (Å²) in [6, 6.07) is 0. The summed E-state index contributed by atoms with van der Waals surface area (Å²) in [6.07, 6.45) is 2.77. The van der Waals surface area contributed by atoms with E-state index in [-0.39, 0.29) is 27.9 Å². The van der Waals surface area contributed by atoms with Gasteiger partial charge in [-0.3, -0.25) is 0 Å². The van der Waals surface area contributed by atoms with Gasteiger partial charge in [-0.1, -0.05) is 41.5 Å². The first kappa shape index (κ1) is 20.6. The lowest BCUT2D eigenvalue weighted by Gasteiger charge is -2.45. The summed E-state index contributed by atoms with van der Waals surface area (Å²) in [5.41, 5.74) is -0.0805. The summed E-state index contributed by atoms with van der Waals surface area (Å²) >= 11 is 0. The lowest BCUT2D eigenvalue weighted by atomic mass is 9.86. The minimum Gasteiger partial charge on any atom is -0.414 e. The van der Waals surface area contributed by atoms with Crippen LogP contribution < -0.4 is 0 Å². The first-order valence-corrected chi connectivity index (χ1v) is 15.3. The average molecular weight is 373 g/mol. The highest BCUT2D eigenvalue weighted by molar-refractivity contribution is 6.74. The molecule has 1 saturated heterocycles. The van der Waals surface area contributed by atoms with E-state index in [0.29, 0.717) is 6.10 Å². The smallest absolute Gasteiger partial charge is 0.192 e. The van der Waals surface area contributed by atoms with Crippen LogP contribution in [0.25, 0.3) is 0 Å². The highest BCUT2D eigenvalue weighted by Gasteiger charge is 2.63. The van der Waals surface area contributed by atoms with Crippen LogP contribution >= 0.6 is 0 Å². The van der Waals surface area contributed by atoms with Crippen molar-refractivity contribution < 1.29 is 13.6 Å². The van der Waals surface area contributed by atoms with E-state index < -0.39 is 16.6 Å². The second kappa shape index (κ2) is 5.91. The van der Waals surface area contributed by atoms with E-state index in [1.165, 1.54) is 0 Å². The molecule has 24 heavy (non-hydrogen) atoms. The maximum absolute atomic E-state index is 6.78. The van der Waals surface area contributed by atoms with Crippen LogP contribution in [0.5, 0.6) is 0 Å². The molecule has 0 aromatic heterocycles. The van der Waals surface area contributed by atoms with Gasteiger partial charge < -0.3 is 13.6 Å². The molecule has 1 aliphatic carbocycles. The van der Waals surface area contributed by atoms with Crippen LogP contribution in [0.4, 0.5) is 0 Å². The maximum Gasteiger partial charge on any atom is 0.192 e. The maximum atomic E-state index is 6.78. The van der Waals surface area contributed by atoms with Crippen LogP contribution in [0.15, 0.2) is 0 Å². The van der Waals surface area contributed by atoms with Gasteiger partial charge in [-0.15, -0.1) is 0 Å². The van der Waals surface area contributed by atoms with Gasteiger partial charge in [0.05, 0.1) is 18.3 Å². The monoisotopic (exact) mass is 372 g/mol. The van der Waals surface area contributed by atoms with Gasteiger partial charge in [0.2, 0.25) is 0 Å². The minimum atomic E-state index is -1.80. The van der Waals surface area contributed by atoms with Gasteiger partial charge in [0.25, 0.3) is 0 Å². The molecule has 142 valence electrons. The topological polar surface area (TPSA) is 31.0 Å². The Morgan fingerprint density at radius 3 is 1.75 bits per heavy atom. The number of hydrogen-bond donors (Lipinski definition) is 0. The number of hydrogen-bond acceptors (Lipinski definition) is 3. The Labute approximate surface area is 152 Å². The quantitative estimate of drug-likeness (QED) is 0.467. The Hall–Kier alpha value is 0.314. The van der Waals surface area contributed by atoms with Crippen molar-refractivity contribution in [3.05, 3.63) is 0 Å². The van der Waals surface area contributed by atoms with Gasteiger partial charge in [-0.05, 0) is 43.2 Å². The van der Waals surface area contributed by atoms with Gasteiger partial charge in [0.15, 0.2) is 16.6 Å². The van der Waals surface area contributed by atoms with Crippen molar-refractivity contribution in [2.24, 2.45) is 0 Å². The standard InChI is InChI=1S/C19H40O3Si2/c1-17(2,3)23(8,9)21-14-12-15-19(7,20-15)16(13-14)22-24(10,11)18(4,5)6/h14-16H,12-13H2,1-11H3/t14-,15+,16-,19?/m0/s1. The van der Waals surface area contributed by atoms with Crippen molar-refractivity contribution >= 4 is 16.6 Å². The molecular weight excluding hydrogens is 332 g/mol.